The summed E-state index contributed by atoms with van der Waals surface area (Å²) in [6.45, 7) is 4.48. The topological polar surface area (TPSA) is 78.6 Å². The van der Waals surface area contributed by atoms with E-state index in [1.807, 2.05) is 0 Å². The van der Waals surface area contributed by atoms with Gasteiger partial charge in [0.25, 0.3) is 0 Å². The number of nitrogens with one attached hydrogen (secondary N) is 1. The highest BCUT2D eigenvalue weighted by Crippen LogP contribution is 2.08. The summed E-state index contributed by atoms with van der Waals surface area (Å²) in [6.07, 6.45) is 3.84. The molecular formula is C14H25N3O4. The highest BCUT2D eigenvalue weighted by Gasteiger charge is 2.14. The third kappa shape index (κ3) is 6.52. The fraction of sp³-hybridized carbons (Fsp3) is 0.857. The van der Waals surface area contributed by atoms with Gasteiger partial charge in [-0.15, -0.1) is 0 Å². The summed E-state index contributed by atoms with van der Waals surface area (Å²) in [5.41, 5.74) is 0. The van der Waals surface area contributed by atoms with E-state index < -0.39 is 0 Å². The van der Waals surface area contributed by atoms with E-state index in [1.54, 1.807) is 7.11 Å². The zero-order valence-electron chi connectivity index (χ0n) is 12.7. The van der Waals surface area contributed by atoms with Gasteiger partial charge >= 0.3 is 0 Å². The maximum Gasteiger partial charge on any atom is 0.228 e. The van der Waals surface area contributed by atoms with Crippen molar-refractivity contribution in [1.82, 2.24) is 15.5 Å². The van der Waals surface area contributed by atoms with E-state index in [-0.39, 0.29) is 0 Å². The fourth-order valence-corrected chi connectivity index (χ4v) is 2.18. The molecule has 1 fully saturated rings. The Bertz CT molecular complexity index is 380. The maximum atomic E-state index is 5.82. The summed E-state index contributed by atoms with van der Waals surface area (Å²) in [5, 5.41) is 7.25. The second-order valence-corrected chi connectivity index (χ2v) is 5.03. The molecule has 0 radical (unpaired) electrons. The predicted octanol–water partition coefficient (Wildman–Crippen LogP) is 0.586. The molecule has 7 nitrogen and oxygen atoms in total. The average Bonchev–Trinajstić information content (AvgIpc) is 2.96. The summed E-state index contributed by atoms with van der Waals surface area (Å²) in [6, 6.07) is 0. The van der Waals surface area contributed by atoms with Gasteiger partial charge in [-0.2, -0.15) is 4.98 Å². The van der Waals surface area contributed by atoms with Gasteiger partial charge in [0.15, 0.2) is 5.82 Å². The molecule has 0 aliphatic carbocycles. The number of aromatic nitrogens is 2. The van der Waals surface area contributed by atoms with Crippen LogP contribution in [0.3, 0.4) is 0 Å². The zero-order valence-corrected chi connectivity index (χ0v) is 12.7. The van der Waals surface area contributed by atoms with Crippen molar-refractivity contribution in [2.75, 3.05) is 46.6 Å². The van der Waals surface area contributed by atoms with E-state index in [4.69, 9.17) is 18.7 Å². The van der Waals surface area contributed by atoms with Crippen LogP contribution in [0.4, 0.5) is 0 Å². The van der Waals surface area contributed by atoms with Crippen LogP contribution in [-0.4, -0.2) is 62.9 Å². The van der Waals surface area contributed by atoms with Gasteiger partial charge < -0.3 is 24.1 Å². The van der Waals surface area contributed by atoms with Crippen molar-refractivity contribution in [3.8, 4) is 0 Å². The SMILES string of the molecule is COCCOCCc1noc(CCOC2CCNCC2)n1. The lowest BCUT2D eigenvalue weighted by Gasteiger charge is -2.22. The van der Waals surface area contributed by atoms with Crippen LogP contribution < -0.4 is 5.32 Å². The number of hydrogen-bond acceptors (Lipinski definition) is 7. The molecule has 1 aliphatic heterocycles. The Labute approximate surface area is 125 Å². The third-order valence-electron chi connectivity index (χ3n) is 3.37. The molecular weight excluding hydrogens is 274 g/mol. The first-order valence-corrected chi connectivity index (χ1v) is 7.59. The molecule has 0 atom stereocenters. The molecule has 120 valence electrons. The molecule has 0 aromatic carbocycles. The quantitative estimate of drug-likeness (QED) is 0.633. The third-order valence-corrected chi connectivity index (χ3v) is 3.37. The van der Waals surface area contributed by atoms with Crippen molar-refractivity contribution in [2.24, 2.45) is 0 Å². The molecule has 1 aromatic heterocycles. The van der Waals surface area contributed by atoms with Gasteiger partial charge in [-0.25, -0.2) is 0 Å². The number of piperidine rings is 1. The van der Waals surface area contributed by atoms with Crippen LogP contribution in [0.5, 0.6) is 0 Å². The van der Waals surface area contributed by atoms with Crippen molar-refractivity contribution >= 4 is 0 Å². The van der Waals surface area contributed by atoms with Gasteiger partial charge in [-0.1, -0.05) is 5.16 Å². The minimum atomic E-state index is 0.364. The van der Waals surface area contributed by atoms with Crippen LogP contribution in [0.2, 0.25) is 0 Å². The van der Waals surface area contributed by atoms with Crippen LogP contribution in [0.25, 0.3) is 0 Å². The lowest BCUT2D eigenvalue weighted by molar-refractivity contribution is 0.0322. The first kappa shape index (κ1) is 16.4. The predicted molar refractivity (Wildman–Crippen MR) is 76.2 cm³/mol. The van der Waals surface area contributed by atoms with E-state index in [1.165, 1.54) is 0 Å². The Hall–Kier alpha value is -1.02. The Balaban J connectivity index is 1.56. The van der Waals surface area contributed by atoms with Crippen molar-refractivity contribution in [1.29, 1.82) is 0 Å². The molecule has 1 aliphatic rings. The number of rotatable bonds is 10. The average molecular weight is 299 g/mol. The Morgan fingerprint density at radius 3 is 2.81 bits per heavy atom. The molecule has 0 saturated carbocycles. The fourth-order valence-electron chi connectivity index (χ4n) is 2.18. The summed E-state index contributed by atoms with van der Waals surface area (Å²) in [5.74, 6) is 1.32. The monoisotopic (exact) mass is 299 g/mol. The van der Waals surface area contributed by atoms with Crippen molar-refractivity contribution in [2.45, 2.75) is 31.8 Å². The highest BCUT2D eigenvalue weighted by atomic mass is 16.5. The number of ether oxygens (including phenoxy) is 3. The van der Waals surface area contributed by atoms with Crippen molar-refractivity contribution in [3.63, 3.8) is 0 Å². The van der Waals surface area contributed by atoms with E-state index in [9.17, 15) is 0 Å². The molecule has 2 heterocycles. The van der Waals surface area contributed by atoms with E-state index in [0.717, 1.165) is 25.9 Å². The minimum absolute atomic E-state index is 0.364. The maximum absolute atomic E-state index is 5.82. The molecule has 0 bridgehead atoms. The van der Waals surface area contributed by atoms with E-state index >= 15 is 0 Å². The molecule has 0 spiro atoms. The van der Waals surface area contributed by atoms with Crippen LogP contribution in [0, 0.1) is 0 Å². The van der Waals surface area contributed by atoms with E-state index in [2.05, 4.69) is 15.5 Å². The van der Waals surface area contributed by atoms with Crippen LogP contribution in [0.15, 0.2) is 4.52 Å². The van der Waals surface area contributed by atoms with E-state index in [0.29, 0.717) is 57.1 Å². The van der Waals surface area contributed by atoms with Gasteiger partial charge in [0.05, 0.1) is 39.0 Å². The Morgan fingerprint density at radius 1 is 1.14 bits per heavy atom. The first-order chi connectivity index (χ1) is 10.4. The molecule has 0 unspecified atom stereocenters. The molecule has 1 saturated heterocycles. The molecule has 0 amide bonds. The summed E-state index contributed by atoms with van der Waals surface area (Å²) < 4.78 is 21.3. The highest BCUT2D eigenvalue weighted by molar-refractivity contribution is 4.86. The standard InChI is InChI=1S/C14H25N3O4/c1-18-10-11-19-8-4-13-16-14(21-17-13)5-9-20-12-2-6-15-7-3-12/h12,15H,2-11H2,1H3. The van der Waals surface area contributed by atoms with Crippen LogP contribution >= 0.6 is 0 Å². The van der Waals surface area contributed by atoms with Gasteiger partial charge in [0.1, 0.15) is 0 Å². The van der Waals surface area contributed by atoms with Crippen LogP contribution in [0.1, 0.15) is 24.6 Å². The van der Waals surface area contributed by atoms with Crippen molar-refractivity contribution < 1.29 is 18.7 Å². The second-order valence-electron chi connectivity index (χ2n) is 5.03. The Kier molecular flexibility index (Phi) is 7.66. The molecule has 1 aromatic rings. The lowest BCUT2D eigenvalue weighted by atomic mass is 10.1. The normalized spacial score (nSPS) is 16.4. The van der Waals surface area contributed by atoms with Crippen molar-refractivity contribution in [3.05, 3.63) is 11.7 Å². The smallest absolute Gasteiger partial charge is 0.228 e. The number of methoxy groups -OCH3 is 1. The van der Waals surface area contributed by atoms with Gasteiger partial charge in [0.2, 0.25) is 5.89 Å². The van der Waals surface area contributed by atoms with Gasteiger partial charge in [-0.3, -0.25) is 0 Å². The summed E-state index contributed by atoms with van der Waals surface area (Å²) in [7, 11) is 1.65. The summed E-state index contributed by atoms with van der Waals surface area (Å²) in [4.78, 5) is 4.33. The number of nitrogens with zero attached hydrogens (tertiary/aromatic N) is 2. The Morgan fingerprint density at radius 2 is 2.00 bits per heavy atom. The van der Waals surface area contributed by atoms with Gasteiger partial charge in [-0.05, 0) is 25.9 Å². The number of hydrogen-bond donors (Lipinski definition) is 1. The molecule has 21 heavy (non-hydrogen) atoms. The van der Waals surface area contributed by atoms with Gasteiger partial charge in [0, 0.05) is 13.5 Å². The zero-order chi connectivity index (χ0) is 14.8. The molecule has 7 heteroatoms. The lowest BCUT2D eigenvalue weighted by Crippen LogP contribution is -2.32. The minimum Gasteiger partial charge on any atom is -0.382 e. The summed E-state index contributed by atoms with van der Waals surface area (Å²) >= 11 is 0. The second kappa shape index (κ2) is 9.83. The first-order valence-electron chi connectivity index (χ1n) is 7.59. The largest absolute Gasteiger partial charge is 0.382 e. The molecule has 2 rings (SSSR count). The molecule has 1 N–H and O–H groups in total. The van der Waals surface area contributed by atoms with Crippen LogP contribution in [-0.2, 0) is 27.1 Å².